The fourth-order valence-electron chi connectivity index (χ4n) is 2.56. The van der Waals surface area contributed by atoms with Gasteiger partial charge in [0.1, 0.15) is 13.5 Å². The van der Waals surface area contributed by atoms with Gasteiger partial charge in [-0.05, 0) is 27.7 Å². The normalized spacial score (nSPS) is 21.5. The number of nitrogens with zero attached hydrogens (tertiary/aromatic N) is 1. The Bertz CT molecular complexity index is 519. The second kappa shape index (κ2) is 4.95. The summed E-state index contributed by atoms with van der Waals surface area (Å²) in [5.41, 5.74) is 1.14. The molecule has 0 atom stereocenters. The number of aromatic nitrogens is 1. The summed E-state index contributed by atoms with van der Waals surface area (Å²) in [7, 11) is -2.10. The summed E-state index contributed by atoms with van der Waals surface area (Å²) < 4.78 is 18.3. The third-order valence-electron chi connectivity index (χ3n) is 4.61. The van der Waals surface area contributed by atoms with E-state index >= 15 is 0 Å². The average molecular weight is 323 g/mol. The molecule has 2 rings (SSSR count). The van der Waals surface area contributed by atoms with E-state index in [0.29, 0.717) is 0 Å². The Balaban J connectivity index is 2.57. The summed E-state index contributed by atoms with van der Waals surface area (Å²) in [5.74, 6) is 0. The Kier molecular flexibility index (Phi) is 4.00. The minimum Gasteiger partial charge on any atom is -0.399 e. The SMILES string of the molecule is CC(C)(C)c1noc([Si](C)(C)C)c1B1OC(C)(C)C(C)(C)O1. The molecule has 0 aliphatic carbocycles. The highest BCUT2D eigenvalue weighted by atomic mass is 28.3. The van der Waals surface area contributed by atoms with Gasteiger partial charge in [0, 0.05) is 10.9 Å². The maximum absolute atomic E-state index is 6.28. The van der Waals surface area contributed by atoms with Gasteiger partial charge in [0.2, 0.25) is 0 Å². The monoisotopic (exact) mass is 323 g/mol. The Hall–Kier alpha value is -0.588. The second-order valence-corrected chi connectivity index (χ2v) is 14.3. The first kappa shape index (κ1) is 17.8. The third kappa shape index (κ3) is 2.93. The maximum Gasteiger partial charge on any atom is 0.500 e. The van der Waals surface area contributed by atoms with Crippen LogP contribution in [-0.2, 0) is 14.7 Å². The summed E-state index contributed by atoms with van der Waals surface area (Å²) in [6.45, 7) is 21.5. The van der Waals surface area contributed by atoms with Crippen molar-refractivity contribution in [2.75, 3.05) is 0 Å². The number of hydrogen-bond donors (Lipinski definition) is 0. The van der Waals surface area contributed by atoms with E-state index in [0.717, 1.165) is 16.5 Å². The molecule has 124 valence electrons. The molecule has 2 heterocycles. The van der Waals surface area contributed by atoms with Crippen LogP contribution in [0.2, 0.25) is 19.6 Å². The first-order valence-corrected chi connectivity index (χ1v) is 11.5. The predicted octanol–water partition coefficient (Wildman–Crippen LogP) is 2.82. The number of rotatable bonds is 2. The van der Waals surface area contributed by atoms with E-state index in [1.54, 1.807) is 0 Å². The molecule has 0 saturated carbocycles. The van der Waals surface area contributed by atoms with Gasteiger partial charge in [-0.2, -0.15) is 0 Å². The van der Waals surface area contributed by atoms with Crippen LogP contribution in [0.5, 0.6) is 0 Å². The molecule has 1 aliphatic heterocycles. The lowest BCUT2D eigenvalue weighted by molar-refractivity contribution is 0.00578. The fourth-order valence-corrected chi connectivity index (χ4v) is 3.92. The van der Waals surface area contributed by atoms with Gasteiger partial charge < -0.3 is 13.8 Å². The molecular formula is C16H30BNO3Si. The van der Waals surface area contributed by atoms with E-state index in [-0.39, 0.29) is 16.6 Å². The molecule has 1 fully saturated rings. The van der Waals surface area contributed by atoms with E-state index < -0.39 is 15.2 Å². The first-order chi connectivity index (χ1) is 9.67. The Morgan fingerprint density at radius 2 is 1.41 bits per heavy atom. The van der Waals surface area contributed by atoms with Gasteiger partial charge in [-0.15, -0.1) is 0 Å². The quantitative estimate of drug-likeness (QED) is 0.785. The van der Waals surface area contributed by atoms with Crippen molar-refractivity contribution in [2.45, 2.75) is 84.7 Å². The van der Waals surface area contributed by atoms with Crippen LogP contribution in [0, 0.1) is 0 Å². The highest BCUT2D eigenvalue weighted by Crippen LogP contribution is 2.37. The van der Waals surface area contributed by atoms with Gasteiger partial charge in [0.05, 0.1) is 16.9 Å². The molecule has 0 aromatic carbocycles. The maximum atomic E-state index is 6.28. The molecule has 1 aliphatic rings. The van der Waals surface area contributed by atoms with Crippen LogP contribution in [0.4, 0.5) is 0 Å². The topological polar surface area (TPSA) is 44.5 Å². The van der Waals surface area contributed by atoms with Crippen LogP contribution < -0.4 is 10.8 Å². The summed E-state index contributed by atoms with van der Waals surface area (Å²) in [6.07, 6.45) is 0. The Morgan fingerprint density at radius 1 is 0.955 bits per heavy atom. The molecule has 0 amide bonds. The molecule has 22 heavy (non-hydrogen) atoms. The van der Waals surface area contributed by atoms with E-state index in [9.17, 15) is 0 Å². The molecule has 0 N–H and O–H groups in total. The highest BCUT2D eigenvalue weighted by Gasteiger charge is 2.55. The van der Waals surface area contributed by atoms with Gasteiger partial charge in [0.25, 0.3) is 0 Å². The van der Waals surface area contributed by atoms with Crippen LogP contribution >= 0.6 is 0 Å². The molecular weight excluding hydrogens is 293 g/mol. The zero-order valence-corrected chi connectivity index (χ0v) is 16.7. The Morgan fingerprint density at radius 3 is 1.77 bits per heavy atom. The summed E-state index contributed by atoms with van der Waals surface area (Å²) >= 11 is 0. The van der Waals surface area contributed by atoms with Crippen LogP contribution in [-0.4, -0.2) is 31.6 Å². The van der Waals surface area contributed by atoms with Crippen molar-refractivity contribution in [3.05, 3.63) is 5.69 Å². The second-order valence-electron chi connectivity index (χ2n) is 9.36. The van der Waals surface area contributed by atoms with E-state index in [1.165, 1.54) is 0 Å². The predicted molar refractivity (Wildman–Crippen MR) is 93.9 cm³/mol. The van der Waals surface area contributed by atoms with Crippen LogP contribution in [0.25, 0.3) is 0 Å². The summed E-state index contributed by atoms with van der Waals surface area (Å²) in [5, 5.41) is 5.38. The average Bonchev–Trinajstić information content (AvgIpc) is 2.76. The highest BCUT2D eigenvalue weighted by molar-refractivity contribution is 6.91. The van der Waals surface area contributed by atoms with Crippen molar-refractivity contribution in [3.8, 4) is 0 Å². The molecule has 0 bridgehead atoms. The largest absolute Gasteiger partial charge is 0.500 e. The van der Waals surface area contributed by atoms with Crippen LogP contribution in [0.3, 0.4) is 0 Å². The molecule has 0 radical (unpaired) electrons. The van der Waals surface area contributed by atoms with E-state index in [4.69, 9.17) is 13.8 Å². The van der Waals surface area contributed by atoms with Gasteiger partial charge in [0.15, 0.2) is 0 Å². The molecule has 1 saturated heterocycles. The lowest BCUT2D eigenvalue weighted by atomic mass is 9.73. The lowest BCUT2D eigenvalue weighted by Crippen LogP contribution is -2.54. The van der Waals surface area contributed by atoms with Crippen molar-refractivity contribution in [1.29, 1.82) is 0 Å². The van der Waals surface area contributed by atoms with Gasteiger partial charge in [-0.1, -0.05) is 45.6 Å². The first-order valence-electron chi connectivity index (χ1n) is 8.03. The Labute approximate surface area is 136 Å². The van der Waals surface area contributed by atoms with Crippen molar-refractivity contribution in [1.82, 2.24) is 5.16 Å². The van der Waals surface area contributed by atoms with Gasteiger partial charge in [-0.25, -0.2) is 0 Å². The van der Waals surface area contributed by atoms with E-state index in [1.807, 2.05) is 0 Å². The minimum absolute atomic E-state index is 0.111. The zero-order chi connectivity index (χ0) is 17.1. The fraction of sp³-hybridized carbons (Fsp3) is 0.812. The van der Waals surface area contributed by atoms with E-state index in [2.05, 4.69) is 73.3 Å². The number of hydrogen-bond acceptors (Lipinski definition) is 4. The summed E-state index contributed by atoms with van der Waals surface area (Å²) in [6, 6.07) is 0. The van der Waals surface area contributed by atoms with Crippen molar-refractivity contribution < 1.29 is 13.8 Å². The van der Waals surface area contributed by atoms with Crippen LogP contribution in [0.1, 0.15) is 54.2 Å². The van der Waals surface area contributed by atoms with Gasteiger partial charge >= 0.3 is 7.12 Å². The molecule has 1 aromatic heterocycles. The molecule has 4 nitrogen and oxygen atoms in total. The van der Waals surface area contributed by atoms with Gasteiger partial charge in [-0.3, -0.25) is 0 Å². The molecule has 0 spiro atoms. The zero-order valence-electron chi connectivity index (χ0n) is 15.7. The third-order valence-corrected chi connectivity index (χ3v) is 6.33. The molecule has 1 aromatic rings. The minimum atomic E-state index is -1.69. The molecule has 0 unspecified atom stereocenters. The van der Waals surface area contributed by atoms with Crippen LogP contribution in [0.15, 0.2) is 4.52 Å². The van der Waals surface area contributed by atoms with Crippen molar-refractivity contribution in [3.63, 3.8) is 0 Å². The standard InChI is InChI=1S/C16H30BNO3Si/c1-14(2,3)12-11(13(19-18-12)22(8,9)10)17-20-15(4,5)16(6,7)21-17/h1-10H3. The van der Waals surface area contributed by atoms with Crippen molar-refractivity contribution >= 4 is 26.0 Å². The smallest absolute Gasteiger partial charge is 0.399 e. The molecule has 6 heteroatoms. The van der Waals surface area contributed by atoms with Crippen molar-refractivity contribution in [2.24, 2.45) is 0 Å². The summed E-state index contributed by atoms with van der Waals surface area (Å²) in [4.78, 5) is 0. The lowest BCUT2D eigenvalue weighted by Gasteiger charge is -2.32.